The van der Waals surface area contributed by atoms with E-state index in [1.54, 1.807) is 13.8 Å². The van der Waals surface area contributed by atoms with Gasteiger partial charge >= 0.3 is 7.60 Å². The van der Waals surface area contributed by atoms with Crippen LogP contribution in [0.15, 0.2) is 59.5 Å². The van der Waals surface area contributed by atoms with Crippen molar-refractivity contribution >= 4 is 28.8 Å². The van der Waals surface area contributed by atoms with E-state index >= 15 is 0 Å². The molecule has 0 aromatic heterocycles. The minimum Gasteiger partial charge on any atom is -0.390 e. The number of sulfonamides is 1. The number of amides is 1. The molecule has 2 bridgehead atoms. The molecule has 4 aliphatic rings. The molecule has 4 fully saturated rings. The molecular formula is C38H55N2O10PS. The SMILES string of the molecule is CCOP(=O)(OCC)c1ccc(S(=O)(=O)N(CC(C)C)C[C@@H](O)[C@H](Cc2ccccc2)NC(=O)C2(C3C4CO[C@H]5OC[C@@H]3C5C4)CCOCC2)cc1. The molecule has 3 unspecified atom stereocenters. The molecule has 288 valence electrons. The largest absolute Gasteiger partial charge is 0.390 e. The topological polar surface area (TPSA) is 150 Å². The van der Waals surface area contributed by atoms with E-state index in [0.29, 0.717) is 45.7 Å². The van der Waals surface area contributed by atoms with Crippen molar-refractivity contribution in [3.63, 3.8) is 0 Å². The van der Waals surface area contributed by atoms with Crippen LogP contribution in [-0.2, 0) is 49.1 Å². The van der Waals surface area contributed by atoms with E-state index in [2.05, 4.69) is 5.32 Å². The van der Waals surface area contributed by atoms with E-state index in [1.165, 1.54) is 28.6 Å². The Morgan fingerprint density at radius 3 is 2.27 bits per heavy atom. The number of nitrogens with one attached hydrogen (secondary N) is 1. The van der Waals surface area contributed by atoms with Crippen molar-refractivity contribution in [1.29, 1.82) is 0 Å². The molecule has 3 aliphatic heterocycles. The summed E-state index contributed by atoms with van der Waals surface area (Å²) in [5.74, 6) is 0.601. The number of aliphatic hydroxyl groups is 1. The normalized spacial score (nSPS) is 26.8. The van der Waals surface area contributed by atoms with Crippen molar-refractivity contribution < 1.29 is 46.1 Å². The number of carbonyl (C=O) groups excluding carboxylic acids is 1. The van der Waals surface area contributed by atoms with E-state index < -0.39 is 35.2 Å². The Morgan fingerprint density at radius 1 is 0.981 bits per heavy atom. The van der Waals surface area contributed by atoms with Crippen molar-refractivity contribution in [3.8, 4) is 0 Å². The summed E-state index contributed by atoms with van der Waals surface area (Å²) in [6, 6.07) is 14.5. The molecular weight excluding hydrogens is 707 g/mol. The molecule has 52 heavy (non-hydrogen) atoms. The molecule has 2 N–H and O–H groups in total. The van der Waals surface area contributed by atoms with Crippen LogP contribution in [0.2, 0.25) is 0 Å². The molecule has 1 aliphatic carbocycles. The highest BCUT2D eigenvalue weighted by Gasteiger charge is 2.63. The van der Waals surface area contributed by atoms with Gasteiger partial charge in [-0.15, -0.1) is 0 Å². The zero-order chi connectivity index (χ0) is 37.1. The quantitative estimate of drug-likeness (QED) is 0.223. The lowest BCUT2D eigenvalue weighted by atomic mass is 9.62. The van der Waals surface area contributed by atoms with Gasteiger partial charge in [0, 0.05) is 32.2 Å². The van der Waals surface area contributed by atoms with Crippen LogP contribution in [0.25, 0.3) is 0 Å². The van der Waals surface area contributed by atoms with E-state index in [1.807, 2.05) is 44.2 Å². The summed E-state index contributed by atoms with van der Waals surface area (Å²) in [7, 11) is -7.75. The molecule has 2 aromatic carbocycles. The molecule has 1 saturated carbocycles. The van der Waals surface area contributed by atoms with Gasteiger partial charge in [0.2, 0.25) is 15.9 Å². The molecule has 14 heteroatoms. The Bertz CT molecular complexity index is 1640. The van der Waals surface area contributed by atoms with Crippen molar-refractivity contribution in [2.45, 2.75) is 76.7 Å². The molecule has 6 rings (SSSR count). The number of benzene rings is 2. The van der Waals surface area contributed by atoms with Gasteiger partial charge in [-0.3, -0.25) is 9.36 Å². The summed E-state index contributed by atoms with van der Waals surface area (Å²) in [5, 5.41) is 15.6. The molecule has 1 amide bonds. The number of hydrogen-bond donors (Lipinski definition) is 2. The minimum atomic E-state index is -4.13. The summed E-state index contributed by atoms with van der Waals surface area (Å²) >= 11 is 0. The third kappa shape index (κ3) is 8.09. The maximum atomic E-state index is 14.8. The van der Waals surface area contributed by atoms with E-state index in [-0.39, 0.29) is 78.3 Å². The van der Waals surface area contributed by atoms with Crippen LogP contribution in [0.1, 0.15) is 52.5 Å². The molecule has 3 heterocycles. The molecule has 0 radical (unpaired) electrons. The summed E-state index contributed by atoms with van der Waals surface area (Å²) in [6.45, 7) is 9.54. The number of nitrogens with zero attached hydrogens (tertiary/aromatic N) is 1. The predicted octanol–water partition coefficient (Wildman–Crippen LogP) is 4.36. The first kappa shape index (κ1) is 39.5. The van der Waals surface area contributed by atoms with Gasteiger partial charge in [-0.2, -0.15) is 4.31 Å². The smallest absolute Gasteiger partial charge is 0.361 e. The average Bonchev–Trinajstić information content (AvgIpc) is 3.67. The van der Waals surface area contributed by atoms with Crippen LogP contribution in [0, 0.1) is 35.0 Å². The van der Waals surface area contributed by atoms with Gasteiger partial charge in [0.05, 0.1) is 54.2 Å². The predicted molar refractivity (Wildman–Crippen MR) is 195 cm³/mol. The fraction of sp³-hybridized carbons (Fsp3) is 0.658. The monoisotopic (exact) mass is 762 g/mol. The second-order valence-electron chi connectivity index (χ2n) is 15.0. The van der Waals surface area contributed by atoms with E-state index in [9.17, 15) is 22.9 Å². The van der Waals surface area contributed by atoms with Crippen LogP contribution in [0.5, 0.6) is 0 Å². The second-order valence-corrected chi connectivity index (χ2v) is 19.0. The van der Waals surface area contributed by atoms with E-state index in [0.717, 1.165) is 12.0 Å². The van der Waals surface area contributed by atoms with Crippen LogP contribution in [-0.4, -0.2) is 94.9 Å². The third-order valence-corrected chi connectivity index (χ3v) is 15.2. The standard InChI is InChI=1S/C38H55N2O10PS/c1-5-49-51(43,50-6-2)29-12-14-30(15-13-29)52(44,45)40(22-26(3)4)23-34(41)33(20-27-10-8-7-9-11-27)39-37(42)38(16-18-46-19-17-38)35-28-21-31-32(35)25-48-36(31)47-24-28/h7-15,26,28,31-36,41H,5-6,16-25H2,1-4H3,(H,39,42)/t28?,31?,32-,33+,34-,35?,36+/m1/s1. The summed E-state index contributed by atoms with van der Waals surface area (Å²) in [6.07, 6.45) is 0.960. The maximum absolute atomic E-state index is 14.8. The van der Waals surface area contributed by atoms with Gasteiger partial charge in [-0.1, -0.05) is 44.2 Å². The van der Waals surface area contributed by atoms with Crippen molar-refractivity contribution in [2.75, 3.05) is 52.7 Å². The highest BCUT2D eigenvalue weighted by Crippen LogP contribution is 2.60. The lowest BCUT2D eigenvalue weighted by Gasteiger charge is -2.46. The Labute approximate surface area is 308 Å². The van der Waals surface area contributed by atoms with Crippen LogP contribution in [0.4, 0.5) is 0 Å². The molecule has 7 atom stereocenters. The molecule has 3 saturated heterocycles. The zero-order valence-electron chi connectivity index (χ0n) is 30.7. The number of rotatable bonds is 17. The Kier molecular flexibility index (Phi) is 12.7. The fourth-order valence-electron chi connectivity index (χ4n) is 8.98. The minimum absolute atomic E-state index is 0.0138. The van der Waals surface area contributed by atoms with Gasteiger partial charge in [-0.25, -0.2) is 8.42 Å². The Morgan fingerprint density at radius 2 is 1.63 bits per heavy atom. The van der Waals surface area contributed by atoms with Crippen LogP contribution >= 0.6 is 7.60 Å². The average molecular weight is 763 g/mol. The van der Waals surface area contributed by atoms with Gasteiger partial charge < -0.3 is 33.7 Å². The first-order valence-electron chi connectivity index (χ1n) is 18.8. The zero-order valence-corrected chi connectivity index (χ0v) is 32.4. The number of hydrogen-bond acceptors (Lipinski definition) is 10. The lowest BCUT2D eigenvalue weighted by Crippen LogP contribution is -2.58. The van der Waals surface area contributed by atoms with Crippen molar-refractivity contribution in [2.24, 2.45) is 35.0 Å². The van der Waals surface area contributed by atoms with Gasteiger partial charge in [0.1, 0.15) is 0 Å². The maximum Gasteiger partial charge on any atom is 0.361 e. The van der Waals surface area contributed by atoms with Gasteiger partial charge in [0.25, 0.3) is 0 Å². The van der Waals surface area contributed by atoms with Crippen LogP contribution in [0.3, 0.4) is 0 Å². The first-order valence-corrected chi connectivity index (χ1v) is 21.7. The number of ether oxygens (including phenoxy) is 3. The summed E-state index contributed by atoms with van der Waals surface area (Å²) in [4.78, 5) is 14.8. The number of fused-ring (bicyclic) bond motifs is 1. The summed E-state index contributed by atoms with van der Waals surface area (Å²) < 4.78 is 71.9. The number of carbonyl (C=O) groups is 1. The number of aliphatic hydroxyl groups excluding tert-OH is 1. The van der Waals surface area contributed by atoms with Crippen LogP contribution < -0.4 is 10.6 Å². The third-order valence-electron chi connectivity index (χ3n) is 11.3. The molecule has 2 aromatic rings. The van der Waals surface area contributed by atoms with Crippen molar-refractivity contribution in [1.82, 2.24) is 9.62 Å². The van der Waals surface area contributed by atoms with Gasteiger partial charge in [-0.05, 0) is 93.0 Å². The highest BCUT2D eigenvalue weighted by atomic mass is 32.2. The fourth-order valence-corrected chi connectivity index (χ4v) is 12.2. The first-order chi connectivity index (χ1) is 24.9. The van der Waals surface area contributed by atoms with E-state index in [4.69, 9.17) is 23.3 Å². The molecule has 12 nitrogen and oxygen atoms in total. The highest BCUT2D eigenvalue weighted by molar-refractivity contribution is 7.89. The van der Waals surface area contributed by atoms with Crippen molar-refractivity contribution in [3.05, 3.63) is 60.2 Å². The Hall–Kier alpha value is -2.19. The molecule has 0 spiro atoms. The second kappa shape index (κ2) is 16.7. The van der Waals surface area contributed by atoms with Gasteiger partial charge in [0.15, 0.2) is 6.29 Å². The Balaban J connectivity index is 1.27. The summed E-state index contributed by atoms with van der Waals surface area (Å²) in [5.41, 5.74) is 0.184. The lowest BCUT2D eigenvalue weighted by molar-refractivity contribution is -0.176.